The minimum atomic E-state index is -0.745. The standard InChI is InChI=1S/C14H26N2O4/c1-14(8-6-10-20-14)11-16-13(19)15-9-5-3-2-4-7-12(17)18/h2-11H2,1H3,(H,17,18)(H2,15,16,19). The van der Waals surface area contributed by atoms with Crippen molar-refractivity contribution in [2.75, 3.05) is 19.7 Å². The Morgan fingerprint density at radius 3 is 2.60 bits per heavy atom. The van der Waals surface area contributed by atoms with Gasteiger partial charge in [-0.2, -0.15) is 0 Å². The number of hydrogen-bond donors (Lipinski definition) is 3. The molecule has 1 unspecified atom stereocenters. The van der Waals surface area contributed by atoms with Gasteiger partial charge in [0, 0.05) is 26.1 Å². The van der Waals surface area contributed by atoms with E-state index in [1.54, 1.807) is 0 Å². The average molecular weight is 286 g/mol. The fourth-order valence-electron chi connectivity index (χ4n) is 2.26. The molecule has 1 rings (SSSR count). The molecule has 1 aliphatic rings. The molecule has 0 bridgehead atoms. The van der Waals surface area contributed by atoms with E-state index in [0.717, 1.165) is 38.7 Å². The van der Waals surface area contributed by atoms with Crippen LogP contribution >= 0.6 is 0 Å². The molecule has 3 N–H and O–H groups in total. The van der Waals surface area contributed by atoms with Gasteiger partial charge in [-0.3, -0.25) is 4.79 Å². The van der Waals surface area contributed by atoms with Crippen LogP contribution in [0, 0.1) is 0 Å². The van der Waals surface area contributed by atoms with Gasteiger partial charge in [0.15, 0.2) is 0 Å². The highest BCUT2D eigenvalue weighted by molar-refractivity contribution is 5.73. The van der Waals surface area contributed by atoms with Gasteiger partial charge in [0.25, 0.3) is 0 Å². The maximum Gasteiger partial charge on any atom is 0.314 e. The molecule has 1 fully saturated rings. The first-order chi connectivity index (χ1) is 9.52. The zero-order chi connectivity index (χ0) is 14.8. The summed E-state index contributed by atoms with van der Waals surface area (Å²) < 4.78 is 5.59. The Hall–Kier alpha value is -1.30. The van der Waals surface area contributed by atoms with Gasteiger partial charge >= 0.3 is 12.0 Å². The van der Waals surface area contributed by atoms with Gasteiger partial charge < -0.3 is 20.5 Å². The largest absolute Gasteiger partial charge is 0.481 e. The van der Waals surface area contributed by atoms with Crippen LogP contribution in [-0.2, 0) is 9.53 Å². The van der Waals surface area contributed by atoms with Gasteiger partial charge in [0.05, 0.1) is 5.60 Å². The third-order valence-corrected chi connectivity index (χ3v) is 3.53. The van der Waals surface area contributed by atoms with Crippen molar-refractivity contribution in [1.82, 2.24) is 10.6 Å². The molecule has 1 saturated heterocycles. The predicted molar refractivity (Wildman–Crippen MR) is 75.7 cm³/mol. The lowest BCUT2D eigenvalue weighted by atomic mass is 10.0. The molecule has 1 aliphatic heterocycles. The molecular weight excluding hydrogens is 260 g/mol. The number of hydrogen-bond acceptors (Lipinski definition) is 3. The van der Waals surface area contributed by atoms with Crippen molar-refractivity contribution in [3.8, 4) is 0 Å². The van der Waals surface area contributed by atoms with Gasteiger partial charge in [0.2, 0.25) is 0 Å². The summed E-state index contributed by atoms with van der Waals surface area (Å²) in [6.07, 6.45) is 5.67. The number of carboxylic acid groups (broad SMARTS) is 1. The summed E-state index contributed by atoms with van der Waals surface area (Å²) >= 11 is 0. The number of nitrogens with one attached hydrogen (secondary N) is 2. The van der Waals surface area contributed by atoms with Crippen LogP contribution in [0.15, 0.2) is 0 Å². The molecule has 0 spiro atoms. The first kappa shape index (κ1) is 16.8. The van der Waals surface area contributed by atoms with Crippen molar-refractivity contribution in [3.63, 3.8) is 0 Å². The summed E-state index contributed by atoms with van der Waals surface area (Å²) in [5.74, 6) is -0.745. The summed E-state index contributed by atoms with van der Waals surface area (Å²) in [6.45, 7) is 3.95. The van der Waals surface area contributed by atoms with Crippen LogP contribution in [0.5, 0.6) is 0 Å². The van der Waals surface area contributed by atoms with E-state index in [9.17, 15) is 9.59 Å². The topological polar surface area (TPSA) is 87.7 Å². The third-order valence-electron chi connectivity index (χ3n) is 3.53. The maximum absolute atomic E-state index is 11.6. The Kier molecular flexibility index (Phi) is 7.36. The lowest BCUT2D eigenvalue weighted by Gasteiger charge is -2.23. The first-order valence-corrected chi connectivity index (χ1v) is 7.39. The molecule has 6 nitrogen and oxygen atoms in total. The van der Waals surface area contributed by atoms with Crippen molar-refractivity contribution >= 4 is 12.0 Å². The molecule has 1 heterocycles. The van der Waals surface area contributed by atoms with Crippen LogP contribution in [0.2, 0.25) is 0 Å². The van der Waals surface area contributed by atoms with Crippen LogP contribution in [0.4, 0.5) is 4.79 Å². The highest BCUT2D eigenvalue weighted by atomic mass is 16.5. The normalized spacial score (nSPS) is 21.6. The monoisotopic (exact) mass is 286 g/mol. The highest BCUT2D eigenvalue weighted by Gasteiger charge is 2.29. The minimum absolute atomic E-state index is 0.160. The van der Waals surface area contributed by atoms with Gasteiger partial charge in [-0.05, 0) is 32.6 Å². The van der Waals surface area contributed by atoms with Crippen LogP contribution < -0.4 is 10.6 Å². The van der Waals surface area contributed by atoms with Crippen LogP contribution in [0.3, 0.4) is 0 Å². The van der Waals surface area contributed by atoms with E-state index in [2.05, 4.69) is 10.6 Å². The van der Waals surface area contributed by atoms with Gasteiger partial charge in [-0.15, -0.1) is 0 Å². The second-order valence-electron chi connectivity index (χ2n) is 5.57. The molecule has 0 aromatic carbocycles. The van der Waals surface area contributed by atoms with E-state index in [1.165, 1.54) is 0 Å². The van der Waals surface area contributed by atoms with E-state index in [1.807, 2.05) is 6.92 Å². The number of carboxylic acids is 1. The van der Waals surface area contributed by atoms with E-state index >= 15 is 0 Å². The zero-order valence-electron chi connectivity index (χ0n) is 12.2. The summed E-state index contributed by atoms with van der Waals surface area (Å²) in [5.41, 5.74) is -0.214. The van der Waals surface area contributed by atoms with E-state index < -0.39 is 5.97 Å². The quantitative estimate of drug-likeness (QED) is 0.565. The Labute approximate surface area is 120 Å². The molecule has 0 aromatic heterocycles. The van der Waals surface area contributed by atoms with Crippen LogP contribution in [-0.4, -0.2) is 42.4 Å². The average Bonchev–Trinajstić information content (AvgIpc) is 2.82. The van der Waals surface area contributed by atoms with Crippen molar-refractivity contribution in [2.45, 2.75) is 57.5 Å². The summed E-state index contributed by atoms with van der Waals surface area (Å²) in [5, 5.41) is 14.1. The zero-order valence-corrected chi connectivity index (χ0v) is 12.2. The number of unbranched alkanes of at least 4 members (excludes halogenated alkanes) is 3. The van der Waals surface area contributed by atoms with Gasteiger partial charge in [-0.25, -0.2) is 4.79 Å². The number of carbonyl (C=O) groups excluding carboxylic acids is 1. The van der Waals surface area contributed by atoms with Crippen molar-refractivity contribution in [1.29, 1.82) is 0 Å². The van der Waals surface area contributed by atoms with Crippen molar-refractivity contribution in [3.05, 3.63) is 0 Å². The molecular formula is C14H26N2O4. The Morgan fingerprint density at radius 1 is 1.20 bits per heavy atom. The number of amides is 2. The third kappa shape index (κ3) is 7.33. The van der Waals surface area contributed by atoms with E-state index in [4.69, 9.17) is 9.84 Å². The van der Waals surface area contributed by atoms with Crippen LogP contribution in [0.25, 0.3) is 0 Å². The van der Waals surface area contributed by atoms with E-state index in [-0.39, 0.29) is 18.1 Å². The smallest absolute Gasteiger partial charge is 0.314 e. The molecule has 0 radical (unpaired) electrons. The number of carbonyl (C=O) groups is 2. The molecule has 2 amide bonds. The lowest BCUT2D eigenvalue weighted by Crippen LogP contribution is -2.44. The summed E-state index contributed by atoms with van der Waals surface area (Å²) in [4.78, 5) is 21.9. The van der Waals surface area contributed by atoms with E-state index in [0.29, 0.717) is 19.5 Å². The van der Waals surface area contributed by atoms with Crippen LogP contribution in [0.1, 0.15) is 51.9 Å². The highest BCUT2D eigenvalue weighted by Crippen LogP contribution is 2.23. The maximum atomic E-state index is 11.6. The first-order valence-electron chi connectivity index (χ1n) is 7.39. The number of rotatable bonds is 9. The fraction of sp³-hybridized carbons (Fsp3) is 0.857. The number of aliphatic carboxylic acids is 1. The summed E-state index contributed by atoms with van der Waals surface area (Å²) in [6, 6.07) is -0.160. The lowest BCUT2D eigenvalue weighted by molar-refractivity contribution is -0.137. The van der Waals surface area contributed by atoms with Gasteiger partial charge in [0.1, 0.15) is 0 Å². The number of ether oxygens (including phenoxy) is 1. The Balaban J connectivity index is 1.93. The minimum Gasteiger partial charge on any atom is -0.481 e. The molecule has 0 aliphatic carbocycles. The summed E-state index contributed by atoms with van der Waals surface area (Å²) in [7, 11) is 0. The molecule has 6 heteroatoms. The predicted octanol–water partition coefficient (Wildman–Crippen LogP) is 1.89. The molecule has 1 atom stereocenters. The molecule has 20 heavy (non-hydrogen) atoms. The fourth-order valence-corrected chi connectivity index (χ4v) is 2.26. The van der Waals surface area contributed by atoms with Crippen molar-refractivity contribution in [2.24, 2.45) is 0 Å². The van der Waals surface area contributed by atoms with Crippen molar-refractivity contribution < 1.29 is 19.4 Å². The second-order valence-corrected chi connectivity index (χ2v) is 5.57. The van der Waals surface area contributed by atoms with Gasteiger partial charge in [-0.1, -0.05) is 12.8 Å². The second kappa shape index (κ2) is 8.79. The molecule has 0 aromatic rings. The molecule has 116 valence electrons. The number of urea groups is 1. The Bertz CT molecular complexity index is 314. The molecule has 0 saturated carbocycles. The SMILES string of the molecule is CC1(CNC(=O)NCCCCCCC(=O)O)CCCO1. The Morgan fingerprint density at radius 2 is 1.95 bits per heavy atom.